The van der Waals surface area contributed by atoms with Crippen molar-refractivity contribution in [3.05, 3.63) is 48.5 Å². The summed E-state index contributed by atoms with van der Waals surface area (Å²) < 4.78 is 1.88. The summed E-state index contributed by atoms with van der Waals surface area (Å²) >= 11 is 0. The molecule has 0 aliphatic carbocycles. The van der Waals surface area contributed by atoms with E-state index in [9.17, 15) is 5.11 Å². The first-order valence-corrected chi connectivity index (χ1v) is 10.2. The zero-order valence-electron chi connectivity index (χ0n) is 16.8. The Morgan fingerprint density at radius 2 is 1.90 bits per heavy atom. The lowest BCUT2D eigenvalue weighted by molar-refractivity contribution is 0.353. The van der Waals surface area contributed by atoms with Crippen LogP contribution in [0.25, 0.3) is 16.9 Å². The molecule has 0 spiro atoms. The predicted molar refractivity (Wildman–Crippen MR) is 112 cm³/mol. The average molecular weight is 390 g/mol. The number of nitrogens with zero attached hydrogens (tertiary/aromatic N) is 5. The molecule has 7 nitrogen and oxygen atoms in total. The van der Waals surface area contributed by atoms with Gasteiger partial charge in [-0.15, -0.1) is 10.2 Å². The first-order valence-electron chi connectivity index (χ1n) is 10.2. The minimum Gasteiger partial charge on any atom is -0.507 e. The number of phenolic OH excluding ortho intramolecular Hbond substituents is 1. The predicted octanol–water partition coefficient (Wildman–Crippen LogP) is 3.06. The Morgan fingerprint density at radius 1 is 1.10 bits per heavy atom. The van der Waals surface area contributed by atoms with Crippen LogP contribution in [0.5, 0.6) is 5.75 Å². The third-order valence-electron chi connectivity index (χ3n) is 6.27. The van der Waals surface area contributed by atoms with Crippen molar-refractivity contribution in [2.75, 3.05) is 11.9 Å². The van der Waals surface area contributed by atoms with E-state index in [-0.39, 0.29) is 5.75 Å². The lowest BCUT2D eigenvalue weighted by Gasteiger charge is -2.36. The maximum atomic E-state index is 10.5. The molecule has 5 rings (SSSR count). The normalized spacial score (nSPS) is 23.3. The van der Waals surface area contributed by atoms with Gasteiger partial charge in [0.15, 0.2) is 5.82 Å². The molecular weight excluding hydrogens is 364 g/mol. The van der Waals surface area contributed by atoms with Gasteiger partial charge in [-0.05, 0) is 56.9 Å². The van der Waals surface area contributed by atoms with Crippen LogP contribution in [0.1, 0.15) is 31.4 Å². The van der Waals surface area contributed by atoms with Crippen LogP contribution < -0.4 is 10.2 Å². The highest BCUT2D eigenvalue weighted by Gasteiger charge is 2.35. The van der Waals surface area contributed by atoms with Crippen molar-refractivity contribution < 1.29 is 5.11 Å². The molecule has 3 atom stereocenters. The molecule has 0 saturated carbocycles. The van der Waals surface area contributed by atoms with E-state index in [0.717, 1.165) is 30.0 Å². The van der Waals surface area contributed by atoms with Crippen LogP contribution in [0.4, 0.5) is 5.82 Å². The molecule has 2 fully saturated rings. The minimum atomic E-state index is 0.180. The molecule has 29 heavy (non-hydrogen) atoms. The average Bonchev–Trinajstić information content (AvgIpc) is 3.32. The Kier molecular flexibility index (Phi) is 4.47. The third-order valence-corrected chi connectivity index (χ3v) is 6.27. The molecule has 2 saturated heterocycles. The van der Waals surface area contributed by atoms with E-state index in [1.54, 1.807) is 12.4 Å². The maximum Gasteiger partial charge on any atom is 0.151 e. The summed E-state index contributed by atoms with van der Waals surface area (Å²) in [6, 6.07) is 11.3. The SMILES string of the molecule is Cc1cn(-c2ccc(-c3ccc(N(C)C4CC5CC[C@@H](C4)N5)nn3)c(O)c2)cn1. The van der Waals surface area contributed by atoms with Crippen molar-refractivity contribution in [1.82, 2.24) is 25.1 Å². The molecule has 0 amide bonds. The number of rotatable bonds is 4. The van der Waals surface area contributed by atoms with Crippen molar-refractivity contribution in [2.45, 2.75) is 50.7 Å². The summed E-state index contributed by atoms with van der Waals surface area (Å²) in [5.74, 6) is 1.06. The number of aromatic nitrogens is 4. The van der Waals surface area contributed by atoms with Crippen LogP contribution in [0.3, 0.4) is 0 Å². The highest BCUT2D eigenvalue weighted by Crippen LogP contribution is 2.32. The van der Waals surface area contributed by atoms with Crippen molar-refractivity contribution in [2.24, 2.45) is 0 Å². The molecule has 2 aromatic heterocycles. The second-order valence-electron chi connectivity index (χ2n) is 8.27. The number of fused-ring (bicyclic) bond motifs is 2. The summed E-state index contributed by atoms with van der Waals surface area (Å²) in [5, 5.41) is 23.1. The monoisotopic (exact) mass is 390 g/mol. The topological polar surface area (TPSA) is 79.1 Å². The van der Waals surface area contributed by atoms with Gasteiger partial charge in [0.25, 0.3) is 0 Å². The largest absolute Gasteiger partial charge is 0.507 e. The van der Waals surface area contributed by atoms with Gasteiger partial charge in [0.2, 0.25) is 0 Å². The summed E-state index contributed by atoms with van der Waals surface area (Å²) in [6.45, 7) is 1.94. The van der Waals surface area contributed by atoms with Crippen LogP contribution in [0.15, 0.2) is 42.9 Å². The zero-order chi connectivity index (χ0) is 20.0. The third kappa shape index (κ3) is 3.46. The number of anilines is 1. The van der Waals surface area contributed by atoms with Crippen molar-refractivity contribution in [3.8, 4) is 22.7 Å². The maximum absolute atomic E-state index is 10.5. The smallest absolute Gasteiger partial charge is 0.151 e. The fourth-order valence-corrected chi connectivity index (χ4v) is 4.65. The fraction of sp³-hybridized carbons (Fsp3) is 0.409. The lowest BCUT2D eigenvalue weighted by atomic mass is 9.98. The Bertz CT molecular complexity index is 1000. The van der Waals surface area contributed by atoms with E-state index in [1.165, 1.54) is 12.8 Å². The van der Waals surface area contributed by atoms with Gasteiger partial charge in [-0.25, -0.2) is 4.98 Å². The summed E-state index contributed by atoms with van der Waals surface area (Å²) in [7, 11) is 2.11. The molecule has 2 N–H and O–H groups in total. The van der Waals surface area contributed by atoms with Gasteiger partial charge in [-0.1, -0.05) is 0 Å². The minimum absolute atomic E-state index is 0.180. The summed E-state index contributed by atoms with van der Waals surface area (Å²) in [5.41, 5.74) is 3.13. The van der Waals surface area contributed by atoms with E-state index in [1.807, 2.05) is 42.0 Å². The Labute approximate surface area is 170 Å². The molecule has 0 radical (unpaired) electrons. The van der Waals surface area contributed by atoms with Crippen LogP contribution in [0.2, 0.25) is 0 Å². The molecule has 2 unspecified atom stereocenters. The Hall–Kier alpha value is -2.93. The van der Waals surface area contributed by atoms with E-state index in [4.69, 9.17) is 0 Å². The zero-order valence-corrected chi connectivity index (χ0v) is 16.8. The van der Waals surface area contributed by atoms with Gasteiger partial charge in [0.1, 0.15) is 5.75 Å². The number of hydrogen-bond acceptors (Lipinski definition) is 6. The highest BCUT2D eigenvalue weighted by atomic mass is 16.3. The van der Waals surface area contributed by atoms with E-state index in [2.05, 4.69) is 32.4 Å². The highest BCUT2D eigenvalue weighted by molar-refractivity contribution is 5.69. The molecule has 3 aromatic rings. The summed E-state index contributed by atoms with van der Waals surface area (Å²) in [6.07, 6.45) is 8.55. The van der Waals surface area contributed by atoms with E-state index in [0.29, 0.717) is 29.4 Å². The van der Waals surface area contributed by atoms with Gasteiger partial charge in [-0.3, -0.25) is 0 Å². The second-order valence-corrected chi connectivity index (χ2v) is 8.27. The summed E-state index contributed by atoms with van der Waals surface area (Å²) in [4.78, 5) is 6.49. The molecule has 2 bridgehead atoms. The first kappa shape index (κ1) is 18.1. The van der Waals surface area contributed by atoms with E-state index >= 15 is 0 Å². The molecule has 2 aliphatic rings. The number of aryl methyl sites for hydroxylation is 1. The number of imidazole rings is 1. The fourth-order valence-electron chi connectivity index (χ4n) is 4.65. The molecule has 4 heterocycles. The number of benzene rings is 1. The van der Waals surface area contributed by atoms with Crippen LogP contribution in [0, 0.1) is 6.92 Å². The molecule has 2 aliphatic heterocycles. The first-order chi connectivity index (χ1) is 14.1. The lowest BCUT2D eigenvalue weighted by Crippen LogP contribution is -2.47. The van der Waals surface area contributed by atoms with E-state index < -0.39 is 0 Å². The molecular formula is C22H26N6O. The van der Waals surface area contributed by atoms with Crippen molar-refractivity contribution >= 4 is 5.82 Å². The Balaban J connectivity index is 1.34. The molecule has 150 valence electrons. The number of hydrogen-bond donors (Lipinski definition) is 2. The molecule has 1 aromatic carbocycles. The van der Waals surface area contributed by atoms with Gasteiger partial charge >= 0.3 is 0 Å². The van der Waals surface area contributed by atoms with Gasteiger partial charge in [-0.2, -0.15) is 0 Å². The standard InChI is InChI=1S/C22H26N6O/c1-14-12-28(13-23-14)17-5-6-19(21(29)11-17)20-7-8-22(26-25-20)27(2)18-9-15-3-4-16(10-18)24-15/h5-8,11-13,15-16,18,24,29H,3-4,9-10H2,1-2H3/t15-,16?,18?/m0/s1. The van der Waals surface area contributed by atoms with Gasteiger partial charge in [0.05, 0.1) is 23.4 Å². The Morgan fingerprint density at radius 3 is 2.52 bits per heavy atom. The van der Waals surface area contributed by atoms with Gasteiger partial charge < -0.3 is 19.9 Å². The quantitative estimate of drug-likeness (QED) is 0.713. The van der Waals surface area contributed by atoms with Crippen LogP contribution in [-0.2, 0) is 0 Å². The number of nitrogens with one attached hydrogen (secondary N) is 1. The van der Waals surface area contributed by atoms with Crippen molar-refractivity contribution in [1.29, 1.82) is 0 Å². The number of phenols is 1. The molecule has 7 heteroatoms. The van der Waals surface area contributed by atoms with Crippen molar-refractivity contribution in [3.63, 3.8) is 0 Å². The second kappa shape index (κ2) is 7.15. The van der Waals surface area contributed by atoms with Crippen LogP contribution >= 0.6 is 0 Å². The number of aromatic hydroxyl groups is 1. The number of piperidine rings is 1. The van der Waals surface area contributed by atoms with Gasteiger partial charge in [0, 0.05) is 43.0 Å². The van der Waals surface area contributed by atoms with Crippen LogP contribution in [-0.4, -0.2) is 50.0 Å².